The fourth-order valence-corrected chi connectivity index (χ4v) is 3.08. The van der Waals surface area contributed by atoms with E-state index < -0.39 is 10.0 Å². The third kappa shape index (κ3) is 3.95. The zero-order valence-corrected chi connectivity index (χ0v) is 12.0. The van der Waals surface area contributed by atoms with Crippen LogP contribution in [0.25, 0.3) is 0 Å². The molecule has 7 heteroatoms. The number of ether oxygens (including phenoxy) is 1. The Labute approximate surface area is 110 Å². The van der Waals surface area contributed by atoms with Crippen molar-refractivity contribution in [3.05, 3.63) is 22.7 Å². The maximum Gasteiger partial charge on any atom is 0.240 e. The van der Waals surface area contributed by atoms with Crippen LogP contribution in [0.3, 0.4) is 0 Å². The van der Waals surface area contributed by atoms with Crippen LogP contribution in [0.1, 0.15) is 6.92 Å². The second-order valence-electron chi connectivity index (χ2n) is 3.66. The fourth-order valence-electron chi connectivity index (χ4n) is 1.29. The maximum atomic E-state index is 12.0. The Morgan fingerprint density at radius 3 is 2.71 bits per heavy atom. The van der Waals surface area contributed by atoms with E-state index in [9.17, 15) is 8.42 Å². The Bertz CT molecular complexity index is 490. The van der Waals surface area contributed by atoms with Gasteiger partial charge in [0.1, 0.15) is 0 Å². The Kier molecular flexibility index (Phi) is 4.93. The topological polar surface area (TPSA) is 81.4 Å². The number of benzene rings is 1. The molecule has 0 aromatic heterocycles. The number of anilines is 1. The molecule has 0 aliphatic carbocycles. The summed E-state index contributed by atoms with van der Waals surface area (Å²) in [6.45, 7) is 2.04. The molecule has 1 unspecified atom stereocenters. The van der Waals surface area contributed by atoms with Gasteiger partial charge in [0.2, 0.25) is 10.0 Å². The number of methoxy groups -OCH3 is 1. The summed E-state index contributed by atoms with van der Waals surface area (Å²) in [7, 11) is -2.02. The van der Waals surface area contributed by atoms with Crippen LogP contribution in [0.4, 0.5) is 5.69 Å². The number of nitrogens with one attached hydrogen (secondary N) is 1. The standard InChI is InChI=1S/C10H15BrN2O3S/c1-7(6-16-2)13-17(14,15)8-3-4-10(12)9(11)5-8/h3-5,7,13H,6,12H2,1-2H3. The van der Waals surface area contributed by atoms with Gasteiger partial charge < -0.3 is 10.5 Å². The highest BCUT2D eigenvalue weighted by Gasteiger charge is 2.17. The van der Waals surface area contributed by atoms with Crippen LogP contribution in [0.15, 0.2) is 27.6 Å². The van der Waals surface area contributed by atoms with Crippen molar-refractivity contribution in [2.45, 2.75) is 17.9 Å². The second-order valence-corrected chi connectivity index (χ2v) is 6.23. The van der Waals surface area contributed by atoms with E-state index in [0.29, 0.717) is 16.8 Å². The zero-order valence-electron chi connectivity index (χ0n) is 9.60. The van der Waals surface area contributed by atoms with E-state index in [1.807, 2.05) is 0 Å². The van der Waals surface area contributed by atoms with Crippen LogP contribution in [0.2, 0.25) is 0 Å². The number of halogens is 1. The first-order valence-corrected chi connectivity index (χ1v) is 7.20. The van der Waals surface area contributed by atoms with Gasteiger partial charge in [0.25, 0.3) is 0 Å². The molecule has 0 aliphatic heterocycles. The number of hydrogen-bond acceptors (Lipinski definition) is 4. The molecule has 0 saturated heterocycles. The van der Waals surface area contributed by atoms with E-state index in [-0.39, 0.29) is 10.9 Å². The predicted molar refractivity (Wildman–Crippen MR) is 70.2 cm³/mol. The molecule has 0 fully saturated rings. The van der Waals surface area contributed by atoms with Crippen LogP contribution in [-0.4, -0.2) is 28.2 Å². The molecule has 3 N–H and O–H groups in total. The van der Waals surface area contributed by atoms with Crippen LogP contribution in [-0.2, 0) is 14.8 Å². The van der Waals surface area contributed by atoms with Crippen molar-refractivity contribution in [1.82, 2.24) is 4.72 Å². The molecule has 1 rings (SSSR count). The first kappa shape index (κ1) is 14.4. The van der Waals surface area contributed by atoms with Crippen molar-refractivity contribution in [2.75, 3.05) is 19.5 Å². The quantitative estimate of drug-likeness (QED) is 0.802. The van der Waals surface area contributed by atoms with Gasteiger partial charge in [0, 0.05) is 23.3 Å². The van der Waals surface area contributed by atoms with E-state index in [4.69, 9.17) is 10.5 Å². The van der Waals surface area contributed by atoms with Crippen molar-refractivity contribution in [3.8, 4) is 0 Å². The van der Waals surface area contributed by atoms with Gasteiger partial charge >= 0.3 is 0 Å². The summed E-state index contributed by atoms with van der Waals surface area (Å²) < 4.78 is 31.8. The molecule has 0 amide bonds. The number of nitrogen functional groups attached to an aromatic ring is 1. The van der Waals surface area contributed by atoms with Crippen LogP contribution in [0.5, 0.6) is 0 Å². The van der Waals surface area contributed by atoms with Gasteiger partial charge in [-0.15, -0.1) is 0 Å². The average Bonchev–Trinajstić information content (AvgIpc) is 2.21. The molecular formula is C10H15BrN2O3S. The molecule has 1 aromatic rings. The van der Waals surface area contributed by atoms with E-state index in [0.717, 1.165) is 0 Å². The minimum absolute atomic E-state index is 0.168. The number of hydrogen-bond donors (Lipinski definition) is 2. The largest absolute Gasteiger partial charge is 0.398 e. The molecular weight excluding hydrogens is 308 g/mol. The lowest BCUT2D eigenvalue weighted by molar-refractivity contribution is 0.180. The molecule has 1 atom stereocenters. The highest BCUT2D eigenvalue weighted by Crippen LogP contribution is 2.23. The van der Waals surface area contributed by atoms with Crippen LogP contribution >= 0.6 is 15.9 Å². The first-order valence-electron chi connectivity index (χ1n) is 4.93. The molecule has 1 aromatic carbocycles. The maximum absolute atomic E-state index is 12.0. The lowest BCUT2D eigenvalue weighted by Gasteiger charge is -2.13. The van der Waals surface area contributed by atoms with Gasteiger partial charge in [0.05, 0.1) is 11.5 Å². The first-order chi connectivity index (χ1) is 7.86. The van der Waals surface area contributed by atoms with Crippen LogP contribution in [0, 0.1) is 0 Å². The number of rotatable bonds is 5. The molecule has 17 heavy (non-hydrogen) atoms. The SMILES string of the molecule is COCC(C)NS(=O)(=O)c1ccc(N)c(Br)c1. The molecule has 0 heterocycles. The monoisotopic (exact) mass is 322 g/mol. The Morgan fingerprint density at radius 2 is 2.18 bits per heavy atom. The Hall–Kier alpha value is -0.630. The third-order valence-corrected chi connectivity index (χ3v) is 4.33. The minimum Gasteiger partial charge on any atom is -0.398 e. The van der Waals surface area contributed by atoms with Gasteiger partial charge in [-0.2, -0.15) is 0 Å². The lowest BCUT2D eigenvalue weighted by Crippen LogP contribution is -2.35. The van der Waals surface area contributed by atoms with Gasteiger partial charge in [-0.3, -0.25) is 0 Å². The zero-order chi connectivity index (χ0) is 13.1. The van der Waals surface area contributed by atoms with Crippen molar-refractivity contribution >= 4 is 31.6 Å². The minimum atomic E-state index is -3.54. The fraction of sp³-hybridized carbons (Fsp3) is 0.400. The molecule has 0 radical (unpaired) electrons. The van der Waals surface area contributed by atoms with E-state index in [1.165, 1.54) is 19.2 Å². The summed E-state index contributed by atoms with van der Waals surface area (Å²) >= 11 is 3.19. The van der Waals surface area contributed by atoms with Crippen molar-refractivity contribution in [3.63, 3.8) is 0 Å². The Balaban J connectivity index is 2.93. The number of sulfonamides is 1. The average molecular weight is 323 g/mol. The van der Waals surface area contributed by atoms with Crippen molar-refractivity contribution in [2.24, 2.45) is 0 Å². The molecule has 96 valence electrons. The van der Waals surface area contributed by atoms with E-state index in [1.54, 1.807) is 13.0 Å². The lowest BCUT2D eigenvalue weighted by atomic mass is 10.3. The molecule has 0 bridgehead atoms. The Morgan fingerprint density at radius 1 is 1.53 bits per heavy atom. The molecule has 0 aliphatic rings. The highest BCUT2D eigenvalue weighted by molar-refractivity contribution is 9.10. The summed E-state index contributed by atoms with van der Waals surface area (Å²) in [5, 5.41) is 0. The summed E-state index contributed by atoms with van der Waals surface area (Å²) in [6.07, 6.45) is 0. The normalized spacial score (nSPS) is 13.6. The third-order valence-electron chi connectivity index (χ3n) is 2.06. The van der Waals surface area contributed by atoms with E-state index >= 15 is 0 Å². The smallest absolute Gasteiger partial charge is 0.240 e. The van der Waals surface area contributed by atoms with Gasteiger partial charge in [-0.25, -0.2) is 13.1 Å². The van der Waals surface area contributed by atoms with E-state index in [2.05, 4.69) is 20.7 Å². The molecule has 5 nitrogen and oxygen atoms in total. The summed E-state index contributed by atoms with van der Waals surface area (Å²) in [5.41, 5.74) is 6.09. The second kappa shape index (κ2) is 5.81. The summed E-state index contributed by atoms with van der Waals surface area (Å²) in [5.74, 6) is 0. The predicted octanol–water partition coefficient (Wildman–Crippen LogP) is 1.34. The number of nitrogens with two attached hydrogens (primary N) is 1. The summed E-state index contributed by atoms with van der Waals surface area (Å²) in [6, 6.07) is 4.18. The van der Waals surface area contributed by atoms with Crippen LogP contribution < -0.4 is 10.5 Å². The molecule has 0 saturated carbocycles. The molecule has 0 spiro atoms. The van der Waals surface area contributed by atoms with Gasteiger partial charge in [0.15, 0.2) is 0 Å². The van der Waals surface area contributed by atoms with Gasteiger partial charge in [-0.1, -0.05) is 0 Å². The highest BCUT2D eigenvalue weighted by atomic mass is 79.9. The van der Waals surface area contributed by atoms with Gasteiger partial charge in [-0.05, 0) is 41.1 Å². The van der Waals surface area contributed by atoms with Crippen molar-refractivity contribution in [1.29, 1.82) is 0 Å². The van der Waals surface area contributed by atoms with Crippen molar-refractivity contribution < 1.29 is 13.2 Å². The summed E-state index contributed by atoms with van der Waals surface area (Å²) in [4.78, 5) is 0.168.